The molecule has 1 aliphatic heterocycles. The van der Waals surface area contributed by atoms with E-state index in [1.54, 1.807) is 6.08 Å². The molecule has 2 atom stereocenters. The molecular weight excluding hydrogens is 190 g/mol. The minimum Gasteiger partial charge on any atom is -0.334 e. The van der Waals surface area contributed by atoms with Gasteiger partial charge in [0, 0.05) is 25.7 Å². The van der Waals surface area contributed by atoms with Crippen LogP contribution >= 0.6 is 0 Å². The Morgan fingerprint density at radius 3 is 2.87 bits per heavy atom. The van der Waals surface area contributed by atoms with Gasteiger partial charge in [0.25, 0.3) is 0 Å². The smallest absolute Gasteiger partial charge is 0.241 e. The quantitative estimate of drug-likeness (QED) is 0.661. The van der Waals surface area contributed by atoms with Crippen LogP contribution in [0.1, 0.15) is 6.92 Å². The third kappa shape index (κ3) is 3.04. The topological polar surface area (TPSA) is 35.6 Å². The Bertz CT molecular complexity index is 240. The van der Waals surface area contributed by atoms with Gasteiger partial charge in [-0.15, -0.1) is 6.58 Å². The molecule has 1 amide bonds. The van der Waals surface area contributed by atoms with Crippen LogP contribution in [0.25, 0.3) is 0 Å². The molecule has 1 heterocycles. The second-order valence-corrected chi connectivity index (χ2v) is 4.35. The first-order chi connectivity index (χ1) is 7.06. The molecule has 0 aromatic carbocycles. The standard InChI is InChI=1S/C11H21N3O/c1-5-6-14-9(2)7-12-10(11(14)15)8-13(3)4/h5,9-10,12H,1,6-8H2,2-4H3. The number of hydrogen-bond donors (Lipinski definition) is 1. The molecule has 0 radical (unpaired) electrons. The maximum Gasteiger partial charge on any atom is 0.241 e. The van der Waals surface area contributed by atoms with E-state index in [0.717, 1.165) is 13.1 Å². The molecule has 86 valence electrons. The maximum atomic E-state index is 12.1. The average Bonchev–Trinajstić information content (AvgIpc) is 2.16. The number of piperazine rings is 1. The summed E-state index contributed by atoms with van der Waals surface area (Å²) in [4.78, 5) is 16.0. The lowest BCUT2D eigenvalue weighted by atomic mass is 10.1. The van der Waals surface area contributed by atoms with Gasteiger partial charge in [0.2, 0.25) is 5.91 Å². The number of rotatable bonds is 4. The van der Waals surface area contributed by atoms with Gasteiger partial charge in [-0.3, -0.25) is 4.79 Å². The molecule has 1 fully saturated rings. The summed E-state index contributed by atoms with van der Waals surface area (Å²) in [5.74, 6) is 0.183. The highest BCUT2D eigenvalue weighted by Gasteiger charge is 2.31. The van der Waals surface area contributed by atoms with E-state index in [9.17, 15) is 4.79 Å². The van der Waals surface area contributed by atoms with Crippen molar-refractivity contribution in [1.29, 1.82) is 0 Å². The summed E-state index contributed by atoms with van der Waals surface area (Å²) >= 11 is 0. The summed E-state index contributed by atoms with van der Waals surface area (Å²) in [7, 11) is 3.95. The Kier molecular flexibility index (Phi) is 4.29. The summed E-state index contributed by atoms with van der Waals surface area (Å²) in [5.41, 5.74) is 0. The van der Waals surface area contributed by atoms with Crippen LogP contribution in [-0.4, -0.2) is 61.5 Å². The zero-order valence-corrected chi connectivity index (χ0v) is 9.86. The van der Waals surface area contributed by atoms with E-state index >= 15 is 0 Å². The van der Waals surface area contributed by atoms with E-state index < -0.39 is 0 Å². The van der Waals surface area contributed by atoms with Crippen LogP contribution in [0.3, 0.4) is 0 Å². The van der Waals surface area contributed by atoms with Gasteiger partial charge < -0.3 is 15.1 Å². The highest BCUT2D eigenvalue weighted by Crippen LogP contribution is 2.08. The molecule has 0 saturated carbocycles. The lowest BCUT2D eigenvalue weighted by Gasteiger charge is -2.38. The minimum absolute atomic E-state index is 0.0730. The first-order valence-electron chi connectivity index (χ1n) is 5.35. The van der Waals surface area contributed by atoms with Crippen molar-refractivity contribution < 1.29 is 4.79 Å². The molecule has 2 unspecified atom stereocenters. The van der Waals surface area contributed by atoms with Crippen LogP contribution in [-0.2, 0) is 4.79 Å². The van der Waals surface area contributed by atoms with Gasteiger partial charge in [-0.25, -0.2) is 0 Å². The molecule has 4 nitrogen and oxygen atoms in total. The van der Waals surface area contributed by atoms with Gasteiger partial charge >= 0.3 is 0 Å². The minimum atomic E-state index is -0.0730. The van der Waals surface area contributed by atoms with E-state index in [2.05, 4.69) is 18.8 Å². The molecule has 0 bridgehead atoms. The Hall–Kier alpha value is -0.870. The zero-order chi connectivity index (χ0) is 11.4. The molecule has 1 saturated heterocycles. The molecule has 1 N–H and O–H groups in total. The number of carbonyl (C=O) groups is 1. The highest BCUT2D eigenvalue weighted by atomic mass is 16.2. The predicted molar refractivity (Wildman–Crippen MR) is 61.7 cm³/mol. The third-order valence-corrected chi connectivity index (χ3v) is 2.65. The van der Waals surface area contributed by atoms with Crippen LogP contribution < -0.4 is 5.32 Å². The molecule has 15 heavy (non-hydrogen) atoms. The number of amides is 1. The van der Waals surface area contributed by atoms with Crippen molar-refractivity contribution in [3.05, 3.63) is 12.7 Å². The summed E-state index contributed by atoms with van der Waals surface area (Å²) in [6, 6.07) is 0.185. The normalized spacial score (nSPS) is 27.2. The van der Waals surface area contributed by atoms with Crippen molar-refractivity contribution in [3.63, 3.8) is 0 Å². The molecule has 0 spiro atoms. The largest absolute Gasteiger partial charge is 0.334 e. The van der Waals surface area contributed by atoms with E-state index in [4.69, 9.17) is 0 Å². The number of carbonyl (C=O) groups excluding carboxylic acids is 1. The van der Waals surface area contributed by atoms with Crippen molar-refractivity contribution in [2.75, 3.05) is 33.7 Å². The molecule has 1 rings (SSSR count). The first kappa shape index (κ1) is 12.2. The monoisotopic (exact) mass is 211 g/mol. The van der Waals surface area contributed by atoms with Gasteiger partial charge in [0.15, 0.2) is 0 Å². The summed E-state index contributed by atoms with van der Waals surface area (Å²) in [6.07, 6.45) is 1.78. The number of nitrogens with one attached hydrogen (secondary N) is 1. The zero-order valence-electron chi connectivity index (χ0n) is 9.86. The molecule has 0 aromatic rings. The second kappa shape index (κ2) is 5.28. The van der Waals surface area contributed by atoms with Gasteiger partial charge in [-0.1, -0.05) is 6.08 Å². The lowest BCUT2D eigenvalue weighted by Crippen LogP contribution is -2.61. The molecule has 0 aliphatic carbocycles. The van der Waals surface area contributed by atoms with Gasteiger partial charge in [0.1, 0.15) is 0 Å². The molecule has 0 aromatic heterocycles. The lowest BCUT2D eigenvalue weighted by molar-refractivity contribution is -0.138. The Morgan fingerprint density at radius 2 is 2.33 bits per heavy atom. The van der Waals surface area contributed by atoms with Crippen LogP contribution in [0.5, 0.6) is 0 Å². The number of nitrogens with zero attached hydrogens (tertiary/aromatic N) is 2. The summed E-state index contributed by atoms with van der Waals surface area (Å²) < 4.78 is 0. The SMILES string of the molecule is C=CCN1C(=O)C(CN(C)C)NCC1C. The van der Waals surface area contributed by atoms with E-state index in [1.165, 1.54) is 0 Å². The average molecular weight is 211 g/mol. The van der Waals surface area contributed by atoms with Crippen LogP contribution in [0, 0.1) is 0 Å². The van der Waals surface area contributed by atoms with Crippen LogP contribution in [0.4, 0.5) is 0 Å². The highest BCUT2D eigenvalue weighted by molar-refractivity contribution is 5.83. The fourth-order valence-electron chi connectivity index (χ4n) is 1.84. The molecular formula is C11H21N3O. The van der Waals surface area contributed by atoms with Crippen molar-refractivity contribution in [3.8, 4) is 0 Å². The fourth-order valence-corrected chi connectivity index (χ4v) is 1.84. The second-order valence-electron chi connectivity index (χ2n) is 4.35. The van der Waals surface area contributed by atoms with E-state index in [0.29, 0.717) is 6.54 Å². The third-order valence-electron chi connectivity index (χ3n) is 2.65. The van der Waals surface area contributed by atoms with Gasteiger partial charge in [0.05, 0.1) is 6.04 Å². The predicted octanol–water partition coefficient (Wildman–Crippen LogP) is -0.0771. The first-order valence-corrected chi connectivity index (χ1v) is 5.35. The maximum absolute atomic E-state index is 12.1. The van der Waals surface area contributed by atoms with Crippen molar-refractivity contribution in [2.24, 2.45) is 0 Å². The van der Waals surface area contributed by atoms with Crippen molar-refractivity contribution in [1.82, 2.24) is 15.1 Å². The Labute approximate surface area is 91.9 Å². The summed E-state index contributed by atoms with van der Waals surface area (Å²) in [5, 5.41) is 3.27. The fraction of sp³-hybridized carbons (Fsp3) is 0.727. The molecule has 4 heteroatoms. The Balaban J connectivity index is 2.63. The summed E-state index contributed by atoms with van der Waals surface area (Å²) in [6.45, 7) is 7.99. The van der Waals surface area contributed by atoms with Crippen LogP contribution in [0.15, 0.2) is 12.7 Å². The number of hydrogen-bond acceptors (Lipinski definition) is 3. The number of likely N-dealkylation sites (N-methyl/N-ethyl adjacent to an activating group) is 1. The van der Waals surface area contributed by atoms with Crippen molar-refractivity contribution in [2.45, 2.75) is 19.0 Å². The van der Waals surface area contributed by atoms with E-state index in [1.807, 2.05) is 23.9 Å². The van der Waals surface area contributed by atoms with E-state index in [-0.39, 0.29) is 18.0 Å². The van der Waals surface area contributed by atoms with Gasteiger partial charge in [-0.2, -0.15) is 0 Å². The molecule has 1 aliphatic rings. The van der Waals surface area contributed by atoms with Crippen molar-refractivity contribution >= 4 is 5.91 Å². The van der Waals surface area contributed by atoms with Gasteiger partial charge in [-0.05, 0) is 21.0 Å². The van der Waals surface area contributed by atoms with Crippen LogP contribution in [0.2, 0.25) is 0 Å². The Morgan fingerprint density at radius 1 is 1.67 bits per heavy atom.